The summed E-state index contributed by atoms with van der Waals surface area (Å²) in [7, 11) is 0. The van der Waals surface area contributed by atoms with Gasteiger partial charge >= 0.3 is 0 Å². The van der Waals surface area contributed by atoms with Crippen LogP contribution in [-0.4, -0.2) is 31.1 Å². The molecule has 0 spiro atoms. The highest BCUT2D eigenvalue weighted by atomic mass is 19.1. The molecule has 148 valence electrons. The Morgan fingerprint density at radius 2 is 2.10 bits per heavy atom. The first-order valence-corrected chi connectivity index (χ1v) is 10.2. The van der Waals surface area contributed by atoms with Gasteiger partial charge in [0.05, 0.1) is 23.3 Å². The fourth-order valence-corrected chi connectivity index (χ4v) is 4.14. The number of rotatable bonds is 1. The summed E-state index contributed by atoms with van der Waals surface area (Å²) in [6.45, 7) is 2.96. The van der Waals surface area contributed by atoms with Crippen molar-refractivity contribution in [3.8, 4) is 11.8 Å². The molecule has 30 heavy (non-hydrogen) atoms. The Hall–Kier alpha value is -3.53. The van der Waals surface area contributed by atoms with Gasteiger partial charge in [0, 0.05) is 23.2 Å². The third-order valence-corrected chi connectivity index (χ3v) is 6.10. The number of anilines is 2. The minimum atomic E-state index is -0.407. The normalized spacial score (nSPS) is 16.9. The second-order valence-electron chi connectivity index (χ2n) is 8.32. The topological polar surface area (TPSA) is 59.2 Å². The Labute approximate surface area is 172 Å². The lowest BCUT2D eigenvalue weighted by Crippen LogP contribution is -2.26. The predicted octanol–water partition coefficient (Wildman–Crippen LogP) is 4.05. The standard InChI is InChI=1S/C23H19FN6/c1-23(9-10-23)8-7-15-4-2-6-18-16(15)5-3-11-29(18)21-20-17(24)12-25-13-19(20)30-14-26-28-22(30)27-21/h2,4,6,12-14H,3,5,9-11H2,1H3. The van der Waals surface area contributed by atoms with Crippen LogP contribution in [0.3, 0.4) is 0 Å². The lowest BCUT2D eigenvalue weighted by atomic mass is 9.95. The molecule has 0 N–H and O–H groups in total. The van der Waals surface area contributed by atoms with Crippen LogP contribution in [0.5, 0.6) is 0 Å². The molecule has 4 heterocycles. The first-order valence-electron chi connectivity index (χ1n) is 10.2. The van der Waals surface area contributed by atoms with Crippen LogP contribution in [0.1, 0.15) is 37.3 Å². The molecule has 0 bridgehead atoms. The lowest BCUT2D eigenvalue weighted by molar-refractivity contribution is 0.632. The summed E-state index contributed by atoms with van der Waals surface area (Å²) >= 11 is 0. The Balaban J connectivity index is 1.56. The first kappa shape index (κ1) is 17.3. The summed E-state index contributed by atoms with van der Waals surface area (Å²) in [6, 6.07) is 6.17. The maximum atomic E-state index is 14.9. The quantitative estimate of drug-likeness (QED) is 0.453. The van der Waals surface area contributed by atoms with Crippen LogP contribution in [0.25, 0.3) is 16.7 Å². The Bertz CT molecular complexity index is 1380. The molecule has 0 radical (unpaired) electrons. The SMILES string of the molecule is CC1(C#Cc2cccc3c2CCCN3c2nc3nncn3c3cncc(F)c23)CC1. The highest BCUT2D eigenvalue weighted by molar-refractivity contribution is 5.94. The third-order valence-electron chi connectivity index (χ3n) is 6.10. The van der Waals surface area contributed by atoms with E-state index in [0.29, 0.717) is 22.5 Å². The molecule has 1 aliphatic heterocycles. The van der Waals surface area contributed by atoms with Gasteiger partial charge < -0.3 is 4.90 Å². The van der Waals surface area contributed by atoms with Gasteiger partial charge in [-0.05, 0) is 50.3 Å². The summed E-state index contributed by atoms with van der Waals surface area (Å²) in [5.41, 5.74) is 4.06. The first-order chi connectivity index (χ1) is 14.6. The molecule has 6 rings (SSSR count). The third kappa shape index (κ3) is 2.64. The van der Waals surface area contributed by atoms with Gasteiger partial charge in [0.1, 0.15) is 12.1 Å². The van der Waals surface area contributed by atoms with Crippen molar-refractivity contribution in [2.24, 2.45) is 5.41 Å². The molecule has 1 fully saturated rings. The minimum Gasteiger partial charge on any atom is -0.325 e. The summed E-state index contributed by atoms with van der Waals surface area (Å²) < 4.78 is 16.6. The van der Waals surface area contributed by atoms with Crippen molar-refractivity contribution in [2.75, 3.05) is 11.4 Å². The van der Waals surface area contributed by atoms with Crippen LogP contribution in [0.4, 0.5) is 15.9 Å². The summed E-state index contributed by atoms with van der Waals surface area (Å²) in [5, 5.41) is 8.46. The van der Waals surface area contributed by atoms with E-state index in [9.17, 15) is 4.39 Å². The van der Waals surface area contributed by atoms with E-state index in [0.717, 1.165) is 30.6 Å². The van der Waals surface area contributed by atoms with Gasteiger partial charge in [0.25, 0.3) is 5.78 Å². The molecular weight excluding hydrogens is 379 g/mol. The van der Waals surface area contributed by atoms with Crippen molar-refractivity contribution >= 4 is 28.2 Å². The summed E-state index contributed by atoms with van der Waals surface area (Å²) in [6.07, 6.45) is 8.62. The van der Waals surface area contributed by atoms with E-state index < -0.39 is 5.82 Å². The Morgan fingerprint density at radius 1 is 1.20 bits per heavy atom. The zero-order chi connectivity index (χ0) is 20.3. The Morgan fingerprint density at radius 3 is 2.97 bits per heavy atom. The van der Waals surface area contributed by atoms with Crippen molar-refractivity contribution in [1.82, 2.24) is 24.6 Å². The molecule has 0 unspecified atom stereocenters. The van der Waals surface area contributed by atoms with Gasteiger partial charge in [0.15, 0.2) is 5.82 Å². The highest BCUT2D eigenvalue weighted by Crippen LogP contribution is 2.44. The van der Waals surface area contributed by atoms with E-state index in [-0.39, 0.29) is 5.41 Å². The van der Waals surface area contributed by atoms with Crippen molar-refractivity contribution in [3.05, 3.63) is 53.9 Å². The van der Waals surface area contributed by atoms with Crippen molar-refractivity contribution in [1.29, 1.82) is 0 Å². The average molecular weight is 398 g/mol. The zero-order valence-electron chi connectivity index (χ0n) is 16.6. The van der Waals surface area contributed by atoms with Crippen LogP contribution in [0.2, 0.25) is 0 Å². The maximum absolute atomic E-state index is 14.9. The van der Waals surface area contributed by atoms with E-state index in [1.807, 2.05) is 6.07 Å². The fourth-order valence-electron chi connectivity index (χ4n) is 4.14. The van der Waals surface area contributed by atoms with Gasteiger partial charge in [-0.1, -0.05) is 17.9 Å². The minimum absolute atomic E-state index is 0.170. The number of aromatic nitrogens is 5. The maximum Gasteiger partial charge on any atom is 0.257 e. The van der Waals surface area contributed by atoms with E-state index >= 15 is 0 Å². The molecule has 0 saturated heterocycles. The monoisotopic (exact) mass is 398 g/mol. The molecular formula is C23H19FN6. The number of fused-ring (bicyclic) bond motifs is 4. The second kappa shape index (κ2) is 6.23. The average Bonchev–Trinajstić information content (AvgIpc) is 3.30. The summed E-state index contributed by atoms with van der Waals surface area (Å²) in [5.74, 6) is 7.42. The largest absolute Gasteiger partial charge is 0.325 e. The van der Waals surface area contributed by atoms with Crippen LogP contribution in [0.15, 0.2) is 36.9 Å². The lowest BCUT2D eigenvalue weighted by Gasteiger charge is -2.31. The second-order valence-corrected chi connectivity index (χ2v) is 8.32. The number of pyridine rings is 1. The van der Waals surface area contributed by atoms with Crippen molar-refractivity contribution in [2.45, 2.75) is 32.6 Å². The molecule has 1 aromatic carbocycles. The molecule has 6 nitrogen and oxygen atoms in total. The number of hydrogen-bond acceptors (Lipinski definition) is 5. The van der Waals surface area contributed by atoms with E-state index in [1.165, 1.54) is 30.9 Å². The molecule has 1 saturated carbocycles. The van der Waals surface area contributed by atoms with Crippen LogP contribution in [-0.2, 0) is 6.42 Å². The zero-order valence-corrected chi connectivity index (χ0v) is 16.6. The number of nitrogens with zero attached hydrogens (tertiary/aromatic N) is 6. The predicted molar refractivity (Wildman–Crippen MR) is 112 cm³/mol. The van der Waals surface area contributed by atoms with Gasteiger partial charge in [-0.25, -0.2) is 4.39 Å². The van der Waals surface area contributed by atoms with Gasteiger partial charge in [0.2, 0.25) is 0 Å². The molecule has 0 amide bonds. The van der Waals surface area contributed by atoms with Crippen LogP contribution in [0, 0.1) is 23.1 Å². The van der Waals surface area contributed by atoms with Crippen molar-refractivity contribution in [3.63, 3.8) is 0 Å². The Kier molecular flexibility index (Phi) is 3.60. The number of benzene rings is 1. The smallest absolute Gasteiger partial charge is 0.257 e. The molecule has 7 heteroatoms. The van der Waals surface area contributed by atoms with Gasteiger partial charge in [-0.3, -0.25) is 9.38 Å². The molecule has 4 aromatic rings. The van der Waals surface area contributed by atoms with E-state index in [1.54, 1.807) is 10.6 Å². The number of halogens is 1. The molecule has 2 aliphatic rings. The highest BCUT2D eigenvalue weighted by Gasteiger charge is 2.35. The number of hydrogen-bond donors (Lipinski definition) is 0. The molecule has 1 aliphatic carbocycles. The fraction of sp³-hybridized carbons (Fsp3) is 0.304. The van der Waals surface area contributed by atoms with E-state index in [4.69, 9.17) is 0 Å². The van der Waals surface area contributed by atoms with Gasteiger partial charge in [-0.2, -0.15) is 4.98 Å². The summed E-state index contributed by atoms with van der Waals surface area (Å²) in [4.78, 5) is 10.8. The van der Waals surface area contributed by atoms with Gasteiger partial charge in [-0.15, -0.1) is 10.2 Å². The molecule has 3 aromatic heterocycles. The van der Waals surface area contributed by atoms with Crippen LogP contribution >= 0.6 is 0 Å². The molecule has 0 atom stereocenters. The van der Waals surface area contributed by atoms with Crippen LogP contribution < -0.4 is 4.90 Å². The van der Waals surface area contributed by atoms with E-state index in [2.05, 4.69) is 56.0 Å². The van der Waals surface area contributed by atoms with Crippen molar-refractivity contribution < 1.29 is 4.39 Å².